The van der Waals surface area contributed by atoms with Gasteiger partial charge in [0.2, 0.25) is 5.95 Å². The smallest absolute Gasteiger partial charge is 0.475 e. The maximum atomic E-state index is 14.7. The summed E-state index contributed by atoms with van der Waals surface area (Å²) >= 11 is 0. The van der Waals surface area contributed by atoms with Crippen molar-refractivity contribution in [1.82, 2.24) is 9.97 Å². The number of H-pyrrole nitrogens is 1. The molecule has 2 amide bonds. The molecule has 2 heterocycles. The molecule has 3 aromatic carbocycles. The minimum Gasteiger partial charge on any atom is -0.475 e. The highest BCUT2D eigenvalue weighted by Gasteiger charge is 2.51. The fraction of sp³-hybridized carbons (Fsp3) is 0.120. The van der Waals surface area contributed by atoms with Crippen molar-refractivity contribution in [3.8, 4) is 0 Å². The third kappa shape index (κ3) is 4.96. The number of carbonyl (C=O) groups is 3. The number of carboxylic acids is 1. The number of aliphatic carboxylic acids is 1. The van der Waals surface area contributed by atoms with Crippen LogP contribution in [0.15, 0.2) is 66.7 Å². The second kappa shape index (κ2) is 10.1. The number of carboxylic acid groups (broad SMARTS) is 1. The predicted octanol–water partition coefficient (Wildman–Crippen LogP) is 4.37. The molecule has 0 radical (unpaired) electrons. The molecule has 0 aliphatic carbocycles. The third-order valence-corrected chi connectivity index (χ3v) is 5.69. The summed E-state index contributed by atoms with van der Waals surface area (Å²) < 4.78 is 51.0. The van der Waals surface area contributed by atoms with E-state index in [1.807, 2.05) is 0 Å². The Morgan fingerprint density at radius 1 is 1.08 bits per heavy atom. The molecule has 202 valence electrons. The summed E-state index contributed by atoms with van der Waals surface area (Å²) in [5, 5.41) is 21.6. The lowest BCUT2D eigenvalue weighted by Gasteiger charge is -2.35. The molecule has 0 spiro atoms. The van der Waals surface area contributed by atoms with E-state index in [2.05, 4.69) is 20.0 Å². The van der Waals surface area contributed by atoms with Gasteiger partial charge in [-0.05, 0) is 30.3 Å². The number of nitrogens with one attached hydrogen (secondary N) is 2. The number of nitrogens with zero attached hydrogens (tertiary/aromatic N) is 2. The third-order valence-electron chi connectivity index (χ3n) is 5.69. The zero-order chi connectivity index (χ0) is 28.5. The molecule has 0 bridgehead atoms. The number of hydrogen-bond acceptors (Lipinski definition) is 6. The molecular weight excluding hydrogens is 528 g/mol. The van der Waals surface area contributed by atoms with Gasteiger partial charge in [-0.1, -0.05) is 36.4 Å². The van der Waals surface area contributed by atoms with Crippen molar-refractivity contribution in [1.29, 1.82) is 0 Å². The molecule has 1 aromatic heterocycles. The number of amides is 2. The monoisotopic (exact) mass is 546 g/mol. The number of benzene rings is 3. The number of aromatic amines is 1. The number of halogens is 4. The van der Waals surface area contributed by atoms with Gasteiger partial charge >= 0.3 is 18.2 Å². The first-order valence-electron chi connectivity index (χ1n) is 10.9. The van der Waals surface area contributed by atoms with E-state index < -0.39 is 35.7 Å². The van der Waals surface area contributed by atoms with Crippen LogP contribution in [-0.4, -0.2) is 51.4 Å². The van der Waals surface area contributed by atoms with Crippen molar-refractivity contribution in [3.05, 3.63) is 89.2 Å². The van der Waals surface area contributed by atoms with Gasteiger partial charge < -0.3 is 19.9 Å². The Morgan fingerprint density at radius 2 is 1.72 bits per heavy atom. The Bertz CT molecular complexity index is 1590. The zero-order valence-corrected chi connectivity index (χ0v) is 19.8. The average molecular weight is 546 g/mol. The standard InChI is InChI=1S/C23H17FN4O4.C2HF3O2/c1-32-22(30)27-21-25-17-11-10-13(12-18(17)26-21)23(31)15-7-3-2-6-14(15)20(29)28(23)19-9-5-4-8-16(19)24;3-2(4,5)1(6)7/h2-12,31H,1H3,(H2,25,26,27,30);(H,6,7). The van der Waals surface area contributed by atoms with Crippen LogP contribution >= 0.6 is 0 Å². The van der Waals surface area contributed by atoms with Crippen molar-refractivity contribution in [2.45, 2.75) is 11.9 Å². The number of anilines is 2. The van der Waals surface area contributed by atoms with Crippen molar-refractivity contribution < 1.29 is 46.9 Å². The lowest BCUT2D eigenvalue weighted by Crippen LogP contribution is -2.45. The Kier molecular flexibility index (Phi) is 6.98. The molecule has 1 atom stereocenters. The summed E-state index contributed by atoms with van der Waals surface area (Å²) in [6.45, 7) is 0. The van der Waals surface area contributed by atoms with Gasteiger partial charge in [0.1, 0.15) is 5.82 Å². The van der Waals surface area contributed by atoms with Crippen LogP contribution < -0.4 is 10.2 Å². The normalized spacial score (nSPS) is 16.4. The largest absolute Gasteiger partial charge is 0.490 e. The number of carbonyl (C=O) groups excluding carboxylic acids is 2. The van der Waals surface area contributed by atoms with Crippen LogP contribution in [0.3, 0.4) is 0 Å². The number of alkyl halides is 3. The molecule has 39 heavy (non-hydrogen) atoms. The number of imidazole rings is 1. The van der Waals surface area contributed by atoms with Gasteiger partial charge in [-0.2, -0.15) is 13.2 Å². The average Bonchev–Trinajstić information content (AvgIpc) is 3.40. The number of methoxy groups -OCH3 is 1. The summed E-state index contributed by atoms with van der Waals surface area (Å²) in [7, 11) is 1.23. The number of rotatable bonds is 3. The molecule has 4 N–H and O–H groups in total. The van der Waals surface area contributed by atoms with E-state index in [1.165, 1.54) is 25.3 Å². The number of aliphatic hydroxyl groups is 1. The Labute approximate surface area is 216 Å². The van der Waals surface area contributed by atoms with Crippen molar-refractivity contribution >= 4 is 40.6 Å². The molecule has 1 aliphatic rings. The second-order valence-corrected chi connectivity index (χ2v) is 8.05. The first kappa shape index (κ1) is 27.1. The van der Waals surface area contributed by atoms with Crippen LogP contribution in [0.1, 0.15) is 21.5 Å². The SMILES string of the molecule is COC(=O)Nc1nc2ccc(C3(O)c4ccccc4C(=O)N3c3ccccc3F)cc2[nH]1.O=C(O)C(F)(F)F. The van der Waals surface area contributed by atoms with Gasteiger partial charge in [0.15, 0.2) is 5.72 Å². The molecule has 5 rings (SSSR count). The summed E-state index contributed by atoms with van der Waals surface area (Å²) in [6, 6.07) is 17.2. The highest BCUT2D eigenvalue weighted by molar-refractivity contribution is 6.12. The molecule has 1 aliphatic heterocycles. The van der Waals surface area contributed by atoms with Gasteiger partial charge in [-0.15, -0.1) is 0 Å². The fourth-order valence-electron chi connectivity index (χ4n) is 4.00. The number of hydrogen-bond donors (Lipinski definition) is 4. The Morgan fingerprint density at radius 3 is 2.36 bits per heavy atom. The van der Waals surface area contributed by atoms with Gasteiger partial charge in [0, 0.05) is 16.7 Å². The van der Waals surface area contributed by atoms with Crippen LogP contribution in [0.2, 0.25) is 0 Å². The topological polar surface area (TPSA) is 145 Å². The van der Waals surface area contributed by atoms with E-state index in [1.54, 1.807) is 48.5 Å². The predicted molar refractivity (Wildman–Crippen MR) is 128 cm³/mol. The lowest BCUT2D eigenvalue weighted by molar-refractivity contribution is -0.192. The quantitative estimate of drug-likeness (QED) is 0.279. The second-order valence-electron chi connectivity index (χ2n) is 8.05. The molecule has 0 saturated carbocycles. The van der Waals surface area contributed by atoms with E-state index >= 15 is 0 Å². The van der Waals surface area contributed by atoms with Crippen LogP contribution in [-0.2, 0) is 15.3 Å². The maximum absolute atomic E-state index is 14.7. The Balaban J connectivity index is 0.000000448. The van der Waals surface area contributed by atoms with E-state index in [0.717, 1.165) is 4.90 Å². The number of ether oxygens (including phenoxy) is 1. The summed E-state index contributed by atoms with van der Waals surface area (Å²) in [6.07, 6.45) is -5.77. The van der Waals surface area contributed by atoms with E-state index in [-0.39, 0.29) is 17.2 Å². The van der Waals surface area contributed by atoms with E-state index in [4.69, 9.17) is 9.90 Å². The van der Waals surface area contributed by atoms with Crippen molar-refractivity contribution in [2.75, 3.05) is 17.3 Å². The van der Waals surface area contributed by atoms with E-state index in [9.17, 15) is 32.3 Å². The van der Waals surface area contributed by atoms with Crippen molar-refractivity contribution in [2.24, 2.45) is 0 Å². The van der Waals surface area contributed by atoms with Crippen LogP contribution in [0.4, 0.5) is 34.0 Å². The molecule has 14 heteroatoms. The first-order chi connectivity index (χ1) is 18.4. The first-order valence-corrected chi connectivity index (χ1v) is 10.9. The summed E-state index contributed by atoms with van der Waals surface area (Å²) in [5.41, 5.74) is -0.0817. The minimum atomic E-state index is -5.08. The maximum Gasteiger partial charge on any atom is 0.490 e. The summed E-state index contributed by atoms with van der Waals surface area (Å²) in [5.74, 6) is -3.76. The molecule has 10 nitrogen and oxygen atoms in total. The van der Waals surface area contributed by atoms with Gasteiger partial charge in [0.25, 0.3) is 5.91 Å². The van der Waals surface area contributed by atoms with Crippen molar-refractivity contribution in [3.63, 3.8) is 0 Å². The van der Waals surface area contributed by atoms with Crippen LogP contribution in [0.25, 0.3) is 11.0 Å². The van der Waals surface area contributed by atoms with Gasteiger partial charge in [-0.25, -0.2) is 19.0 Å². The number of aromatic nitrogens is 2. The van der Waals surface area contributed by atoms with E-state index in [0.29, 0.717) is 22.2 Å². The number of para-hydroxylation sites is 1. The Hall–Kier alpha value is -4.98. The lowest BCUT2D eigenvalue weighted by atomic mass is 9.93. The minimum absolute atomic E-state index is 0.0473. The zero-order valence-electron chi connectivity index (χ0n) is 19.8. The summed E-state index contributed by atoms with van der Waals surface area (Å²) in [4.78, 5) is 41.9. The molecule has 0 fully saturated rings. The van der Waals surface area contributed by atoms with Crippen LogP contribution in [0.5, 0.6) is 0 Å². The molecular formula is C25H18F4N4O6. The highest BCUT2D eigenvalue weighted by atomic mass is 19.4. The number of fused-ring (bicyclic) bond motifs is 2. The van der Waals surface area contributed by atoms with Crippen LogP contribution in [0, 0.1) is 5.82 Å². The molecule has 0 saturated heterocycles. The van der Waals surface area contributed by atoms with Gasteiger partial charge in [-0.3, -0.25) is 15.0 Å². The van der Waals surface area contributed by atoms with Gasteiger partial charge in [0.05, 0.1) is 23.8 Å². The molecule has 1 unspecified atom stereocenters. The fourth-order valence-corrected chi connectivity index (χ4v) is 4.00. The molecule has 4 aromatic rings. The highest BCUT2D eigenvalue weighted by Crippen LogP contribution is 2.45.